The number of carbonyl (C=O) groups is 3. The summed E-state index contributed by atoms with van der Waals surface area (Å²) < 4.78 is 5.44. The number of carboxylic acids is 1. The molecule has 2 aliphatic carbocycles. The summed E-state index contributed by atoms with van der Waals surface area (Å²) in [6.45, 7) is 2.41. The standard InChI is InChI=1S/C21H29NO5S/c1-2-3-12-27-21(26)17-15-10-6-7-11-16(15)28-19(17)22-18(23)13-8-4-5-9-14(13)20(24)25/h13-14H,2-12H2,1H3,(H,22,23)(H,24,25). The van der Waals surface area contributed by atoms with E-state index in [0.717, 1.165) is 61.8 Å². The number of rotatable bonds is 7. The van der Waals surface area contributed by atoms with Crippen molar-refractivity contribution in [3.05, 3.63) is 16.0 Å². The molecule has 1 aromatic rings. The van der Waals surface area contributed by atoms with Crippen LogP contribution < -0.4 is 5.32 Å². The summed E-state index contributed by atoms with van der Waals surface area (Å²) >= 11 is 1.45. The number of hydrogen-bond donors (Lipinski definition) is 2. The lowest BCUT2D eigenvalue weighted by atomic mass is 9.78. The lowest BCUT2D eigenvalue weighted by molar-refractivity contribution is -0.147. The minimum atomic E-state index is -0.912. The van der Waals surface area contributed by atoms with Gasteiger partial charge in [-0.15, -0.1) is 11.3 Å². The van der Waals surface area contributed by atoms with Crippen LogP contribution in [0.2, 0.25) is 0 Å². The van der Waals surface area contributed by atoms with Crippen molar-refractivity contribution in [3.8, 4) is 0 Å². The monoisotopic (exact) mass is 407 g/mol. The van der Waals surface area contributed by atoms with Gasteiger partial charge in [-0.2, -0.15) is 0 Å². The Hall–Kier alpha value is -1.89. The van der Waals surface area contributed by atoms with Gasteiger partial charge in [-0.05, 0) is 50.5 Å². The first-order valence-corrected chi connectivity index (χ1v) is 11.2. The van der Waals surface area contributed by atoms with Crippen LogP contribution in [0.1, 0.15) is 79.1 Å². The average molecular weight is 408 g/mol. The van der Waals surface area contributed by atoms with E-state index < -0.39 is 17.8 Å². The van der Waals surface area contributed by atoms with Crippen molar-refractivity contribution in [3.63, 3.8) is 0 Å². The molecule has 0 aromatic carbocycles. The molecule has 7 heteroatoms. The highest BCUT2D eigenvalue weighted by molar-refractivity contribution is 7.17. The van der Waals surface area contributed by atoms with Gasteiger partial charge in [-0.1, -0.05) is 26.2 Å². The minimum absolute atomic E-state index is 0.284. The van der Waals surface area contributed by atoms with Gasteiger partial charge in [0.25, 0.3) is 0 Å². The number of ether oxygens (including phenoxy) is 1. The topological polar surface area (TPSA) is 92.7 Å². The second-order valence-electron chi connectivity index (χ2n) is 7.73. The van der Waals surface area contributed by atoms with E-state index in [1.54, 1.807) is 0 Å². The Morgan fingerprint density at radius 1 is 1.11 bits per heavy atom. The van der Waals surface area contributed by atoms with Gasteiger partial charge in [0.1, 0.15) is 5.00 Å². The van der Waals surface area contributed by atoms with Crippen molar-refractivity contribution in [2.24, 2.45) is 11.8 Å². The van der Waals surface area contributed by atoms with Crippen LogP contribution in [0.25, 0.3) is 0 Å². The number of esters is 1. The van der Waals surface area contributed by atoms with Crippen molar-refractivity contribution in [2.45, 2.75) is 71.1 Å². The van der Waals surface area contributed by atoms with E-state index in [0.29, 0.717) is 30.0 Å². The molecular weight excluding hydrogens is 378 g/mol. The van der Waals surface area contributed by atoms with E-state index in [2.05, 4.69) is 5.32 Å². The van der Waals surface area contributed by atoms with Crippen molar-refractivity contribution in [1.82, 2.24) is 0 Å². The predicted molar refractivity (Wildman–Crippen MR) is 108 cm³/mol. The minimum Gasteiger partial charge on any atom is -0.481 e. The maximum atomic E-state index is 12.9. The molecule has 1 heterocycles. The molecule has 2 aliphatic rings. The van der Waals surface area contributed by atoms with Gasteiger partial charge in [0.05, 0.1) is 24.0 Å². The Morgan fingerprint density at radius 3 is 2.54 bits per heavy atom. The van der Waals surface area contributed by atoms with Crippen LogP contribution in [0.4, 0.5) is 5.00 Å². The van der Waals surface area contributed by atoms with Gasteiger partial charge in [0.15, 0.2) is 0 Å². The Morgan fingerprint density at radius 2 is 1.82 bits per heavy atom. The number of aryl methyl sites for hydroxylation is 1. The highest BCUT2D eigenvalue weighted by atomic mass is 32.1. The summed E-state index contributed by atoms with van der Waals surface area (Å²) in [6.07, 6.45) is 8.37. The normalized spacial score (nSPS) is 21.6. The van der Waals surface area contributed by atoms with E-state index in [1.807, 2.05) is 6.92 Å². The van der Waals surface area contributed by atoms with Gasteiger partial charge < -0.3 is 15.2 Å². The number of anilines is 1. The molecule has 0 bridgehead atoms. The smallest absolute Gasteiger partial charge is 0.341 e. The number of aliphatic carboxylic acids is 1. The van der Waals surface area contributed by atoms with E-state index in [4.69, 9.17) is 4.74 Å². The molecule has 2 atom stereocenters. The number of carboxylic acid groups (broad SMARTS) is 1. The molecule has 1 amide bonds. The third-order valence-electron chi connectivity index (χ3n) is 5.76. The number of unbranched alkanes of at least 4 members (excludes halogenated alkanes) is 1. The summed E-state index contributed by atoms with van der Waals surface area (Å²) in [5.74, 6) is -2.77. The van der Waals surface area contributed by atoms with Crippen molar-refractivity contribution < 1.29 is 24.2 Å². The van der Waals surface area contributed by atoms with Gasteiger partial charge in [-0.3, -0.25) is 9.59 Å². The average Bonchev–Trinajstić information content (AvgIpc) is 3.05. The Balaban J connectivity index is 1.82. The zero-order valence-electron chi connectivity index (χ0n) is 16.4. The molecule has 2 unspecified atom stereocenters. The van der Waals surface area contributed by atoms with Crippen LogP contribution in [-0.4, -0.2) is 29.6 Å². The fourth-order valence-electron chi connectivity index (χ4n) is 4.20. The number of hydrogen-bond acceptors (Lipinski definition) is 5. The Labute approximate surface area is 169 Å². The zero-order valence-corrected chi connectivity index (χ0v) is 17.2. The summed E-state index contributed by atoms with van der Waals surface area (Å²) in [4.78, 5) is 38.3. The van der Waals surface area contributed by atoms with E-state index in [9.17, 15) is 19.5 Å². The Kier molecular flexibility index (Phi) is 7.10. The third-order valence-corrected chi connectivity index (χ3v) is 6.97. The maximum absolute atomic E-state index is 12.9. The summed E-state index contributed by atoms with van der Waals surface area (Å²) in [7, 11) is 0. The molecule has 0 saturated heterocycles. The van der Waals surface area contributed by atoms with E-state index >= 15 is 0 Å². The summed E-state index contributed by atoms with van der Waals surface area (Å²) in [5, 5.41) is 12.9. The molecule has 154 valence electrons. The second kappa shape index (κ2) is 9.54. The first-order valence-electron chi connectivity index (χ1n) is 10.4. The molecule has 0 radical (unpaired) electrons. The molecule has 2 N–H and O–H groups in total. The number of nitrogens with one attached hydrogen (secondary N) is 1. The Bertz CT molecular complexity index is 741. The fourth-order valence-corrected chi connectivity index (χ4v) is 5.48. The van der Waals surface area contributed by atoms with E-state index in [-0.39, 0.29) is 11.9 Å². The number of fused-ring (bicyclic) bond motifs is 1. The van der Waals surface area contributed by atoms with Crippen LogP contribution >= 0.6 is 11.3 Å². The summed E-state index contributed by atoms with van der Waals surface area (Å²) in [5.41, 5.74) is 1.50. The largest absolute Gasteiger partial charge is 0.481 e. The molecule has 3 rings (SSSR count). The van der Waals surface area contributed by atoms with Gasteiger partial charge >= 0.3 is 11.9 Å². The zero-order chi connectivity index (χ0) is 20.1. The molecule has 1 aromatic heterocycles. The van der Waals surface area contributed by atoms with Crippen molar-refractivity contribution in [2.75, 3.05) is 11.9 Å². The maximum Gasteiger partial charge on any atom is 0.341 e. The van der Waals surface area contributed by atoms with Crippen LogP contribution in [0, 0.1) is 11.8 Å². The van der Waals surface area contributed by atoms with Crippen molar-refractivity contribution >= 4 is 34.2 Å². The first-order chi connectivity index (χ1) is 13.5. The third kappa shape index (κ3) is 4.57. The molecule has 1 fully saturated rings. The van der Waals surface area contributed by atoms with Crippen LogP contribution in [0.5, 0.6) is 0 Å². The molecule has 1 saturated carbocycles. The lowest BCUT2D eigenvalue weighted by Gasteiger charge is -2.27. The van der Waals surface area contributed by atoms with Crippen molar-refractivity contribution in [1.29, 1.82) is 0 Å². The first kappa shape index (κ1) is 20.8. The molecule has 0 spiro atoms. The fraction of sp³-hybridized carbons (Fsp3) is 0.667. The predicted octanol–water partition coefficient (Wildman–Crippen LogP) is 4.41. The molecule has 28 heavy (non-hydrogen) atoms. The lowest BCUT2D eigenvalue weighted by Crippen LogP contribution is -2.36. The number of amides is 1. The van der Waals surface area contributed by atoms with Crippen LogP contribution in [0.3, 0.4) is 0 Å². The quantitative estimate of drug-likeness (QED) is 0.516. The highest BCUT2D eigenvalue weighted by Gasteiger charge is 2.37. The molecule has 6 nitrogen and oxygen atoms in total. The number of thiophene rings is 1. The second-order valence-corrected chi connectivity index (χ2v) is 8.83. The van der Waals surface area contributed by atoms with Crippen LogP contribution in [-0.2, 0) is 27.2 Å². The van der Waals surface area contributed by atoms with E-state index in [1.165, 1.54) is 11.3 Å². The van der Waals surface area contributed by atoms with Crippen LogP contribution in [0.15, 0.2) is 0 Å². The van der Waals surface area contributed by atoms with Gasteiger partial charge in [0, 0.05) is 4.88 Å². The summed E-state index contributed by atoms with van der Waals surface area (Å²) in [6, 6.07) is 0. The van der Waals surface area contributed by atoms with Gasteiger partial charge in [0.2, 0.25) is 5.91 Å². The SMILES string of the molecule is CCCCOC(=O)c1c(NC(=O)C2CCCCC2C(=O)O)sc2c1CCCC2. The number of carbonyl (C=O) groups excluding carboxylic acids is 2. The van der Waals surface area contributed by atoms with Gasteiger partial charge in [-0.25, -0.2) is 4.79 Å². The molecular formula is C21H29NO5S. The highest BCUT2D eigenvalue weighted by Crippen LogP contribution is 2.40. The molecule has 0 aliphatic heterocycles.